The molecule has 33 heavy (non-hydrogen) atoms. The van der Waals surface area contributed by atoms with Crippen LogP contribution in [0.3, 0.4) is 0 Å². The second-order valence-corrected chi connectivity index (χ2v) is 9.31. The average molecular weight is 441 g/mol. The maximum absolute atomic E-state index is 12.3. The summed E-state index contributed by atoms with van der Waals surface area (Å²) >= 11 is 0. The first-order chi connectivity index (χ1) is 16.1. The van der Waals surface area contributed by atoms with Gasteiger partial charge in [-0.05, 0) is 54.2 Å². The molecule has 3 aromatic carbocycles. The maximum Gasteiger partial charge on any atom is 0.328 e. The van der Waals surface area contributed by atoms with Crippen LogP contribution in [-0.2, 0) is 27.1 Å². The molecule has 0 unspecified atom stereocenters. The molecule has 0 amide bonds. The number of fused-ring (bicyclic) bond motifs is 1. The molecule has 170 valence electrons. The van der Waals surface area contributed by atoms with Gasteiger partial charge in [-0.15, -0.1) is 0 Å². The van der Waals surface area contributed by atoms with Crippen molar-refractivity contribution in [3.05, 3.63) is 100 Å². The Morgan fingerprint density at radius 3 is 2.30 bits per heavy atom. The number of nitrogens with zero attached hydrogens (tertiary/aromatic N) is 3. The Kier molecular flexibility index (Phi) is 6.05. The molecule has 1 aliphatic heterocycles. The molecule has 5 nitrogen and oxygen atoms in total. The third-order valence-electron chi connectivity index (χ3n) is 7.03. The molecule has 0 saturated carbocycles. The lowest BCUT2D eigenvalue weighted by Crippen LogP contribution is -2.46. The van der Waals surface area contributed by atoms with E-state index in [-0.39, 0.29) is 5.69 Å². The van der Waals surface area contributed by atoms with Crippen molar-refractivity contribution in [2.75, 3.05) is 18.4 Å². The Balaban J connectivity index is 1.35. The smallest absolute Gasteiger partial charge is 0.328 e. The van der Waals surface area contributed by atoms with Crippen LogP contribution in [0.5, 0.6) is 0 Å². The Morgan fingerprint density at radius 1 is 0.848 bits per heavy atom. The number of nitrogens with one attached hydrogen (secondary N) is 1. The highest BCUT2D eigenvalue weighted by Gasteiger charge is 2.29. The monoisotopic (exact) mass is 440 g/mol. The van der Waals surface area contributed by atoms with E-state index in [1.807, 2.05) is 14.1 Å². The number of para-hydroxylation sites is 1. The molecule has 2 atom stereocenters. The fourth-order valence-corrected chi connectivity index (χ4v) is 5.22. The summed E-state index contributed by atoms with van der Waals surface area (Å²) in [4.78, 5) is 14.9. The van der Waals surface area contributed by atoms with Crippen molar-refractivity contribution in [1.82, 2.24) is 14.0 Å². The van der Waals surface area contributed by atoms with Crippen molar-refractivity contribution in [3.63, 3.8) is 0 Å². The van der Waals surface area contributed by atoms with Crippen LogP contribution in [0.2, 0.25) is 0 Å². The van der Waals surface area contributed by atoms with Crippen LogP contribution < -0.4 is 11.0 Å². The van der Waals surface area contributed by atoms with Crippen molar-refractivity contribution < 1.29 is 0 Å². The molecule has 1 fully saturated rings. The molecule has 1 aliphatic rings. The van der Waals surface area contributed by atoms with E-state index in [2.05, 4.69) is 89.1 Å². The summed E-state index contributed by atoms with van der Waals surface area (Å²) in [5.41, 5.74) is 5.87. The number of hydrogen-bond acceptors (Lipinski definition) is 3. The van der Waals surface area contributed by atoms with Crippen LogP contribution in [0.4, 0.5) is 5.69 Å². The summed E-state index contributed by atoms with van der Waals surface area (Å²) < 4.78 is 3.46. The zero-order chi connectivity index (χ0) is 22.8. The van der Waals surface area contributed by atoms with Crippen molar-refractivity contribution in [2.24, 2.45) is 20.0 Å². The number of likely N-dealkylation sites (tertiary alicyclic amines) is 1. The number of aryl methyl sites for hydroxylation is 2. The van der Waals surface area contributed by atoms with Crippen LogP contribution in [0.25, 0.3) is 11.0 Å². The van der Waals surface area contributed by atoms with E-state index in [4.69, 9.17) is 0 Å². The molecule has 1 saturated heterocycles. The van der Waals surface area contributed by atoms with Crippen molar-refractivity contribution in [3.8, 4) is 0 Å². The van der Waals surface area contributed by atoms with E-state index >= 15 is 0 Å². The van der Waals surface area contributed by atoms with Gasteiger partial charge in [-0.25, -0.2) is 4.79 Å². The molecule has 5 heteroatoms. The van der Waals surface area contributed by atoms with Gasteiger partial charge in [0.15, 0.2) is 0 Å². The Hall–Kier alpha value is -3.31. The molecular formula is C28H32N4O. The van der Waals surface area contributed by atoms with Crippen molar-refractivity contribution in [1.29, 1.82) is 0 Å². The second kappa shape index (κ2) is 9.28. The molecule has 0 spiro atoms. The largest absolute Gasteiger partial charge is 0.382 e. The van der Waals surface area contributed by atoms with E-state index in [1.165, 1.54) is 16.8 Å². The molecule has 5 rings (SSSR count). The fraction of sp³-hybridized carbons (Fsp3) is 0.321. The zero-order valence-corrected chi connectivity index (χ0v) is 19.4. The number of hydrogen-bond donors (Lipinski definition) is 1. The van der Waals surface area contributed by atoms with E-state index in [0.29, 0.717) is 12.0 Å². The predicted octanol–water partition coefficient (Wildman–Crippen LogP) is 4.42. The Labute approximate surface area is 195 Å². The third kappa shape index (κ3) is 4.60. The van der Waals surface area contributed by atoms with Gasteiger partial charge >= 0.3 is 5.69 Å². The van der Waals surface area contributed by atoms with E-state index in [1.54, 1.807) is 9.13 Å². The van der Waals surface area contributed by atoms with Crippen LogP contribution >= 0.6 is 0 Å². The maximum atomic E-state index is 12.3. The van der Waals surface area contributed by atoms with Gasteiger partial charge in [0.1, 0.15) is 0 Å². The number of aromatic nitrogens is 2. The van der Waals surface area contributed by atoms with Crippen LogP contribution in [0.15, 0.2) is 83.7 Å². The number of piperidine rings is 1. The summed E-state index contributed by atoms with van der Waals surface area (Å²) in [6.07, 6.45) is 2.17. The number of benzene rings is 3. The van der Waals surface area contributed by atoms with Gasteiger partial charge in [-0.3, -0.25) is 14.0 Å². The van der Waals surface area contributed by atoms with E-state index in [9.17, 15) is 4.79 Å². The van der Waals surface area contributed by atoms with Gasteiger partial charge in [0.05, 0.1) is 11.0 Å². The third-order valence-corrected chi connectivity index (χ3v) is 7.03. The molecule has 0 radical (unpaired) electrons. The first-order valence-electron chi connectivity index (χ1n) is 11.8. The zero-order valence-electron chi connectivity index (χ0n) is 19.4. The van der Waals surface area contributed by atoms with Crippen LogP contribution in [0, 0.1) is 5.92 Å². The molecular weight excluding hydrogens is 408 g/mol. The standard InChI is InChI=1S/C28H32N4O/c1-30-26-14-13-22(18-27(26)31(2)28(30)33)19-32-16-15-25(29-24-11-7-4-8-12-24)23(20-32)17-21-9-5-3-6-10-21/h3-14,18,23,25,29H,15-17,19-20H2,1-2H3/t23-,25+/m0/s1. The number of rotatable bonds is 6. The average Bonchev–Trinajstić information content (AvgIpc) is 3.06. The minimum Gasteiger partial charge on any atom is -0.382 e. The molecule has 1 N–H and O–H groups in total. The van der Waals surface area contributed by atoms with E-state index < -0.39 is 0 Å². The van der Waals surface area contributed by atoms with Crippen molar-refractivity contribution in [2.45, 2.75) is 25.4 Å². The summed E-state index contributed by atoms with van der Waals surface area (Å²) in [7, 11) is 3.69. The Bertz CT molecular complexity index is 1280. The van der Waals surface area contributed by atoms with Gasteiger partial charge < -0.3 is 5.32 Å². The fourth-order valence-electron chi connectivity index (χ4n) is 5.22. The SMILES string of the molecule is Cn1c(=O)n(C)c2cc(CN3CC[C@@H](Nc4ccccc4)[C@@H](Cc4ccccc4)C3)ccc21. The predicted molar refractivity (Wildman–Crippen MR) is 136 cm³/mol. The highest BCUT2D eigenvalue weighted by molar-refractivity contribution is 5.76. The first-order valence-corrected chi connectivity index (χ1v) is 11.8. The number of imidazole rings is 1. The minimum absolute atomic E-state index is 0.0258. The summed E-state index contributed by atoms with van der Waals surface area (Å²) in [6.45, 7) is 3.01. The molecule has 2 heterocycles. The van der Waals surface area contributed by atoms with E-state index in [0.717, 1.165) is 43.5 Å². The normalized spacial score (nSPS) is 19.1. The first kappa shape index (κ1) is 21.5. The lowest BCUT2D eigenvalue weighted by atomic mass is 9.86. The minimum atomic E-state index is 0.0258. The van der Waals surface area contributed by atoms with Gasteiger partial charge in [0, 0.05) is 45.5 Å². The van der Waals surface area contributed by atoms with Gasteiger partial charge in [0.2, 0.25) is 0 Å². The number of anilines is 1. The van der Waals surface area contributed by atoms with Crippen LogP contribution in [-0.4, -0.2) is 33.2 Å². The summed E-state index contributed by atoms with van der Waals surface area (Å²) in [5.74, 6) is 0.520. The van der Waals surface area contributed by atoms with Crippen LogP contribution in [0.1, 0.15) is 17.5 Å². The topological polar surface area (TPSA) is 42.2 Å². The van der Waals surface area contributed by atoms with Gasteiger partial charge in [0.25, 0.3) is 0 Å². The summed E-state index contributed by atoms with van der Waals surface area (Å²) in [6, 6.07) is 28.3. The summed E-state index contributed by atoms with van der Waals surface area (Å²) in [5, 5.41) is 3.81. The molecule has 0 bridgehead atoms. The lowest BCUT2D eigenvalue weighted by molar-refractivity contribution is 0.155. The highest BCUT2D eigenvalue weighted by Crippen LogP contribution is 2.26. The second-order valence-electron chi connectivity index (χ2n) is 9.31. The van der Waals surface area contributed by atoms with Gasteiger partial charge in [-0.2, -0.15) is 0 Å². The van der Waals surface area contributed by atoms with Crippen molar-refractivity contribution >= 4 is 16.7 Å². The molecule has 0 aliphatic carbocycles. The Morgan fingerprint density at radius 2 is 1.55 bits per heavy atom. The van der Waals surface area contributed by atoms with Gasteiger partial charge in [-0.1, -0.05) is 54.6 Å². The molecule has 1 aromatic heterocycles. The molecule has 4 aromatic rings. The quantitative estimate of drug-likeness (QED) is 0.483. The highest BCUT2D eigenvalue weighted by atomic mass is 16.1. The lowest BCUT2D eigenvalue weighted by Gasteiger charge is -2.39.